The van der Waals surface area contributed by atoms with Crippen molar-refractivity contribution < 1.29 is 5.11 Å². The first-order chi connectivity index (χ1) is 9.38. The third kappa shape index (κ3) is 3.23. The van der Waals surface area contributed by atoms with Gasteiger partial charge in [-0.2, -0.15) is 0 Å². The van der Waals surface area contributed by atoms with Crippen LogP contribution in [0.3, 0.4) is 0 Å². The van der Waals surface area contributed by atoms with Gasteiger partial charge in [0.25, 0.3) is 0 Å². The molecule has 0 aliphatic heterocycles. The first-order valence-electron chi connectivity index (χ1n) is 6.89. The second-order valence-electron chi connectivity index (χ2n) is 5.63. The van der Waals surface area contributed by atoms with Gasteiger partial charge in [-0.15, -0.1) is 0 Å². The van der Waals surface area contributed by atoms with Crippen LogP contribution in [0.1, 0.15) is 39.5 Å². The molecule has 106 valence electrons. The monoisotopic (exact) mass is 288 g/mol. The van der Waals surface area contributed by atoms with Gasteiger partial charge in [0.2, 0.25) is 0 Å². The Labute approximate surface area is 126 Å². The maximum Gasteiger partial charge on any atom is 0.0836 e. The molecule has 0 saturated heterocycles. The lowest BCUT2D eigenvalue weighted by Crippen LogP contribution is -2.07. The highest BCUT2D eigenvalue weighted by Gasteiger charge is 2.15. The SMILES string of the molecule is Cc1cc(C)c(C(O)Cc2ccc(C)cc2Cl)c(C)c1. The fourth-order valence-electron chi connectivity index (χ4n) is 2.85. The molecule has 0 bridgehead atoms. The summed E-state index contributed by atoms with van der Waals surface area (Å²) >= 11 is 6.25. The van der Waals surface area contributed by atoms with Crippen LogP contribution in [0, 0.1) is 27.7 Å². The number of aliphatic hydroxyl groups is 1. The minimum absolute atomic E-state index is 0.518. The number of halogens is 1. The zero-order valence-corrected chi connectivity index (χ0v) is 13.3. The predicted molar refractivity (Wildman–Crippen MR) is 85.5 cm³/mol. The van der Waals surface area contributed by atoms with Crippen molar-refractivity contribution in [1.29, 1.82) is 0 Å². The van der Waals surface area contributed by atoms with Gasteiger partial charge < -0.3 is 5.11 Å². The molecule has 0 aromatic heterocycles. The highest BCUT2D eigenvalue weighted by atomic mass is 35.5. The normalized spacial score (nSPS) is 12.5. The van der Waals surface area contributed by atoms with E-state index in [0.717, 1.165) is 32.8 Å². The molecule has 0 amide bonds. The summed E-state index contributed by atoms with van der Waals surface area (Å²) in [5.41, 5.74) is 6.65. The van der Waals surface area contributed by atoms with Crippen molar-refractivity contribution in [2.75, 3.05) is 0 Å². The molecule has 0 radical (unpaired) electrons. The van der Waals surface area contributed by atoms with Crippen molar-refractivity contribution in [2.45, 2.75) is 40.2 Å². The van der Waals surface area contributed by atoms with Gasteiger partial charge in [0.05, 0.1) is 6.10 Å². The lowest BCUT2D eigenvalue weighted by atomic mass is 9.92. The molecule has 20 heavy (non-hydrogen) atoms. The minimum atomic E-state index is -0.518. The van der Waals surface area contributed by atoms with Gasteiger partial charge in [0, 0.05) is 11.4 Å². The molecule has 0 aliphatic carbocycles. The lowest BCUT2D eigenvalue weighted by Gasteiger charge is -2.18. The summed E-state index contributed by atoms with van der Waals surface area (Å²) in [6, 6.07) is 10.2. The fourth-order valence-corrected chi connectivity index (χ4v) is 3.16. The van der Waals surface area contributed by atoms with E-state index in [-0.39, 0.29) is 0 Å². The molecule has 0 saturated carbocycles. The van der Waals surface area contributed by atoms with E-state index in [4.69, 9.17) is 11.6 Å². The number of benzene rings is 2. The van der Waals surface area contributed by atoms with Crippen LogP contribution in [0.4, 0.5) is 0 Å². The number of aryl methyl sites for hydroxylation is 4. The number of aliphatic hydroxyl groups excluding tert-OH is 1. The molecule has 2 rings (SSSR count). The van der Waals surface area contributed by atoms with Crippen molar-refractivity contribution >= 4 is 11.6 Å². The smallest absolute Gasteiger partial charge is 0.0836 e. The molecule has 1 atom stereocenters. The second-order valence-corrected chi connectivity index (χ2v) is 6.03. The third-order valence-electron chi connectivity index (χ3n) is 3.69. The molecular weight excluding hydrogens is 268 g/mol. The predicted octanol–water partition coefficient (Wildman–Crippen LogP) is 4.85. The summed E-state index contributed by atoms with van der Waals surface area (Å²) in [6.07, 6.45) is 0.0277. The summed E-state index contributed by atoms with van der Waals surface area (Å²) in [6.45, 7) is 8.19. The van der Waals surface area contributed by atoms with E-state index >= 15 is 0 Å². The van der Waals surface area contributed by atoms with Gasteiger partial charge in [-0.05, 0) is 61.6 Å². The molecule has 1 nitrogen and oxygen atoms in total. The molecule has 0 fully saturated rings. The summed E-state index contributed by atoms with van der Waals surface area (Å²) in [5.74, 6) is 0. The Bertz CT molecular complexity index is 608. The Hall–Kier alpha value is -1.31. The molecule has 2 aromatic carbocycles. The van der Waals surface area contributed by atoms with Crippen molar-refractivity contribution in [3.05, 3.63) is 68.7 Å². The first-order valence-corrected chi connectivity index (χ1v) is 7.27. The Kier molecular flexibility index (Phi) is 4.52. The van der Waals surface area contributed by atoms with Gasteiger partial charge in [-0.25, -0.2) is 0 Å². The maximum atomic E-state index is 10.6. The van der Waals surface area contributed by atoms with E-state index in [1.165, 1.54) is 5.56 Å². The molecule has 1 N–H and O–H groups in total. The molecule has 2 heteroatoms. The van der Waals surface area contributed by atoms with Crippen LogP contribution in [-0.4, -0.2) is 5.11 Å². The van der Waals surface area contributed by atoms with Gasteiger partial charge >= 0.3 is 0 Å². The van der Waals surface area contributed by atoms with Crippen LogP contribution in [0.15, 0.2) is 30.3 Å². The zero-order valence-electron chi connectivity index (χ0n) is 12.5. The summed E-state index contributed by atoms with van der Waals surface area (Å²) in [4.78, 5) is 0. The maximum absolute atomic E-state index is 10.6. The van der Waals surface area contributed by atoms with Gasteiger partial charge in [0.15, 0.2) is 0 Å². The van der Waals surface area contributed by atoms with Crippen molar-refractivity contribution in [3.8, 4) is 0 Å². The van der Waals surface area contributed by atoms with E-state index < -0.39 is 6.10 Å². The van der Waals surface area contributed by atoms with Crippen LogP contribution in [0.5, 0.6) is 0 Å². The van der Waals surface area contributed by atoms with Crippen molar-refractivity contribution in [2.24, 2.45) is 0 Å². The molecular formula is C18H21ClO. The van der Waals surface area contributed by atoms with Gasteiger partial charge in [-0.1, -0.05) is 41.4 Å². The molecule has 1 unspecified atom stereocenters. The molecule has 2 aromatic rings. The van der Waals surface area contributed by atoms with Crippen LogP contribution in [0.25, 0.3) is 0 Å². The Balaban J connectivity index is 2.31. The quantitative estimate of drug-likeness (QED) is 0.856. The number of hydrogen-bond acceptors (Lipinski definition) is 1. The van der Waals surface area contributed by atoms with E-state index in [2.05, 4.69) is 32.9 Å². The average molecular weight is 289 g/mol. The molecule has 0 spiro atoms. The van der Waals surface area contributed by atoms with Crippen molar-refractivity contribution in [1.82, 2.24) is 0 Å². The Morgan fingerprint density at radius 1 is 0.950 bits per heavy atom. The lowest BCUT2D eigenvalue weighted by molar-refractivity contribution is 0.177. The second kappa shape index (κ2) is 5.99. The highest BCUT2D eigenvalue weighted by Crippen LogP contribution is 2.29. The fraction of sp³-hybridized carbons (Fsp3) is 0.333. The zero-order chi connectivity index (χ0) is 14.9. The van der Waals surface area contributed by atoms with E-state index in [9.17, 15) is 5.11 Å². The van der Waals surface area contributed by atoms with Crippen LogP contribution < -0.4 is 0 Å². The number of hydrogen-bond donors (Lipinski definition) is 1. The highest BCUT2D eigenvalue weighted by molar-refractivity contribution is 6.31. The Morgan fingerprint density at radius 3 is 2.10 bits per heavy atom. The topological polar surface area (TPSA) is 20.2 Å². The van der Waals surface area contributed by atoms with E-state index in [1.54, 1.807) is 0 Å². The minimum Gasteiger partial charge on any atom is -0.388 e. The number of rotatable bonds is 3. The van der Waals surface area contributed by atoms with E-state index in [0.29, 0.717) is 6.42 Å². The Morgan fingerprint density at radius 2 is 1.55 bits per heavy atom. The standard InChI is InChI=1S/C18H21ClO/c1-11-5-6-15(16(19)9-11)10-17(20)18-13(3)7-12(2)8-14(18)4/h5-9,17,20H,10H2,1-4H3. The van der Waals surface area contributed by atoms with Crippen molar-refractivity contribution in [3.63, 3.8) is 0 Å². The summed E-state index contributed by atoms with van der Waals surface area (Å²) < 4.78 is 0. The summed E-state index contributed by atoms with van der Waals surface area (Å²) in [5, 5.41) is 11.3. The molecule has 0 aliphatic rings. The average Bonchev–Trinajstić information content (AvgIpc) is 2.31. The van der Waals surface area contributed by atoms with Crippen LogP contribution in [0.2, 0.25) is 5.02 Å². The van der Waals surface area contributed by atoms with Gasteiger partial charge in [-0.3, -0.25) is 0 Å². The largest absolute Gasteiger partial charge is 0.388 e. The van der Waals surface area contributed by atoms with Gasteiger partial charge in [0.1, 0.15) is 0 Å². The van der Waals surface area contributed by atoms with E-state index in [1.807, 2.05) is 25.1 Å². The van der Waals surface area contributed by atoms with Crippen LogP contribution in [-0.2, 0) is 6.42 Å². The van der Waals surface area contributed by atoms with Crippen LogP contribution >= 0.6 is 11.6 Å². The first kappa shape index (κ1) is 15.1. The molecule has 0 heterocycles. The third-order valence-corrected chi connectivity index (χ3v) is 4.04. The summed E-state index contributed by atoms with van der Waals surface area (Å²) in [7, 11) is 0.